The van der Waals surface area contributed by atoms with Gasteiger partial charge >= 0.3 is 0 Å². The highest BCUT2D eigenvalue weighted by Crippen LogP contribution is 2.19. The number of hydrogen-bond donors (Lipinski definition) is 1. The third kappa shape index (κ3) is 4.11. The number of ether oxygens (including phenoxy) is 1. The summed E-state index contributed by atoms with van der Waals surface area (Å²) in [5.41, 5.74) is -0.0113. The second kappa shape index (κ2) is 8.33. The van der Waals surface area contributed by atoms with Gasteiger partial charge in [-0.1, -0.05) is 0 Å². The van der Waals surface area contributed by atoms with Gasteiger partial charge in [-0.2, -0.15) is 0 Å². The highest BCUT2D eigenvalue weighted by atomic mass is 19.2. The van der Waals surface area contributed by atoms with E-state index in [-0.39, 0.29) is 11.9 Å². The van der Waals surface area contributed by atoms with Crippen LogP contribution in [0.25, 0.3) is 0 Å². The van der Waals surface area contributed by atoms with Crippen LogP contribution in [-0.4, -0.2) is 43.0 Å². The fourth-order valence-electron chi connectivity index (χ4n) is 3.11. The number of hydrogen-bond acceptors (Lipinski definition) is 3. The Morgan fingerprint density at radius 2 is 1.64 bits per heavy atom. The molecule has 3 rings (SSSR count). The first kappa shape index (κ1) is 19.7. The zero-order valence-electron chi connectivity index (χ0n) is 15.2. The molecule has 0 spiro atoms. The van der Waals surface area contributed by atoms with E-state index in [2.05, 4.69) is 5.32 Å². The molecule has 1 heterocycles. The molecular formula is C20H19F3N2O3. The highest BCUT2D eigenvalue weighted by molar-refractivity contribution is 5.95. The van der Waals surface area contributed by atoms with Crippen LogP contribution in [0.5, 0.6) is 5.75 Å². The number of methoxy groups -OCH3 is 1. The zero-order chi connectivity index (χ0) is 20.3. The Labute approximate surface area is 160 Å². The van der Waals surface area contributed by atoms with Crippen molar-refractivity contribution in [2.24, 2.45) is 0 Å². The van der Waals surface area contributed by atoms with E-state index in [4.69, 9.17) is 4.74 Å². The maximum Gasteiger partial charge on any atom is 0.254 e. The molecule has 0 radical (unpaired) electrons. The van der Waals surface area contributed by atoms with Crippen molar-refractivity contribution in [1.82, 2.24) is 10.2 Å². The molecule has 0 unspecified atom stereocenters. The highest BCUT2D eigenvalue weighted by Gasteiger charge is 2.26. The van der Waals surface area contributed by atoms with Crippen molar-refractivity contribution in [3.63, 3.8) is 0 Å². The number of halogens is 3. The lowest BCUT2D eigenvalue weighted by molar-refractivity contribution is 0.0697. The molecule has 0 saturated carbocycles. The molecule has 2 amide bonds. The van der Waals surface area contributed by atoms with Crippen LogP contribution in [0.3, 0.4) is 0 Å². The standard InChI is InChI=1S/C20H19F3N2O3/c1-28-14-4-2-12(3-5-14)20(27)25-10-8-13(9-11-25)24-19(26)15-6-7-16(21)18(23)17(15)22/h2-7,13H,8-11H2,1H3,(H,24,26). The molecule has 8 heteroatoms. The van der Waals surface area contributed by atoms with Gasteiger partial charge in [-0.15, -0.1) is 0 Å². The fourth-order valence-corrected chi connectivity index (χ4v) is 3.11. The number of nitrogens with one attached hydrogen (secondary N) is 1. The van der Waals surface area contributed by atoms with E-state index in [0.29, 0.717) is 43.3 Å². The summed E-state index contributed by atoms with van der Waals surface area (Å²) in [6, 6.07) is 8.10. The Kier molecular flexibility index (Phi) is 5.87. The Bertz CT molecular complexity index is 879. The summed E-state index contributed by atoms with van der Waals surface area (Å²) in [7, 11) is 1.54. The van der Waals surface area contributed by atoms with Gasteiger partial charge < -0.3 is 15.0 Å². The van der Waals surface area contributed by atoms with Crippen molar-refractivity contribution < 1.29 is 27.5 Å². The molecule has 1 aliphatic rings. The largest absolute Gasteiger partial charge is 0.497 e. The second-order valence-electron chi connectivity index (χ2n) is 6.49. The second-order valence-corrected chi connectivity index (χ2v) is 6.49. The van der Waals surface area contributed by atoms with Gasteiger partial charge in [-0.3, -0.25) is 9.59 Å². The van der Waals surface area contributed by atoms with Crippen molar-refractivity contribution in [2.45, 2.75) is 18.9 Å². The van der Waals surface area contributed by atoms with Gasteiger partial charge in [-0.05, 0) is 49.2 Å². The molecule has 0 atom stereocenters. The average molecular weight is 392 g/mol. The van der Waals surface area contributed by atoms with E-state index < -0.39 is 28.9 Å². The van der Waals surface area contributed by atoms with Crippen LogP contribution < -0.4 is 10.1 Å². The fraction of sp³-hybridized carbons (Fsp3) is 0.300. The molecule has 0 aromatic heterocycles. The minimum Gasteiger partial charge on any atom is -0.497 e. The summed E-state index contributed by atoms with van der Waals surface area (Å²) in [6.07, 6.45) is 0.942. The third-order valence-electron chi connectivity index (χ3n) is 4.73. The van der Waals surface area contributed by atoms with E-state index in [1.165, 1.54) is 0 Å². The average Bonchev–Trinajstić information content (AvgIpc) is 2.72. The van der Waals surface area contributed by atoms with Crippen molar-refractivity contribution in [3.05, 3.63) is 65.0 Å². The monoisotopic (exact) mass is 392 g/mol. The van der Waals surface area contributed by atoms with Gasteiger partial charge in [0.1, 0.15) is 5.75 Å². The van der Waals surface area contributed by atoms with Crippen molar-refractivity contribution >= 4 is 11.8 Å². The normalized spacial score (nSPS) is 14.6. The van der Waals surface area contributed by atoms with Crippen LogP contribution in [0, 0.1) is 17.5 Å². The molecule has 1 saturated heterocycles. The summed E-state index contributed by atoms with van der Waals surface area (Å²) in [5, 5.41) is 2.61. The molecule has 1 aliphatic heterocycles. The van der Waals surface area contributed by atoms with Gasteiger partial charge in [0.15, 0.2) is 17.5 Å². The molecule has 5 nitrogen and oxygen atoms in total. The predicted molar refractivity (Wildman–Crippen MR) is 95.7 cm³/mol. The van der Waals surface area contributed by atoms with Gasteiger partial charge in [0.2, 0.25) is 0 Å². The number of benzene rings is 2. The third-order valence-corrected chi connectivity index (χ3v) is 4.73. The molecule has 0 aliphatic carbocycles. The Morgan fingerprint density at radius 3 is 2.25 bits per heavy atom. The first-order valence-corrected chi connectivity index (χ1v) is 8.78. The van der Waals surface area contributed by atoms with E-state index in [9.17, 15) is 22.8 Å². The summed E-state index contributed by atoms with van der Waals surface area (Å²) in [5.74, 6) is -4.81. The summed E-state index contributed by atoms with van der Waals surface area (Å²) in [4.78, 5) is 26.4. The first-order valence-electron chi connectivity index (χ1n) is 8.78. The molecule has 1 fully saturated rings. The van der Waals surface area contributed by atoms with Gasteiger partial charge in [-0.25, -0.2) is 13.2 Å². The molecule has 1 N–H and O–H groups in total. The number of carbonyl (C=O) groups is 2. The van der Waals surface area contributed by atoms with Gasteiger partial charge in [0, 0.05) is 24.7 Å². The lowest BCUT2D eigenvalue weighted by atomic mass is 10.0. The van der Waals surface area contributed by atoms with Crippen LogP contribution in [0.4, 0.5) is 13.2 Å². The maximum absolute atomic E-state index is 13.7. The van der Waals surface area contributed by atoms with Crippen LogP contribution >= 0.6 is 0 Å². The topological polar surface area (TPSA) is 58.6 Å². The van der Waals surface area contributed by atoms with E-state index in [1.54, 1.807) is 36.3 Å². The number of piperidine rings is 1. The number of carbonyl (C=O) groups excluding carboxylic acids is 2. The van der Waals surface area contributed by atoms with Gasteiger partial charge in [0.25, 0.3) is 11.8 Å². The van der Waals surface area contributed by atoms with Crippen molar-refractivity contribution in [2.75, 3.05) is 20.2 Å². The lowest BCUT2D eigenvalue weighted by Gasteiger charge is -2.32. The number of nitrogens with zero attached hydrogens (tertiary/aromatic N) is 1. The zero-order valence-corrected chi connectivity index (χ0v) is 15.2. The van der Waals surface area contributed by atoms with Crippen molar-refractivity contribution in [3.8, 4) is 5.75 Å². The number of rotatable bonds is 4. The minimum absolute atomic E-state index is 0.126. The van der Waals surface area contributed by atoms with Crippen LogP contribution in [0.2, 0.25) is 0 Å². The van der Waals surface area contributed by atoms with E-state index >= 15 is 0 Å². The van der Waals surface area contributed by atoms with Crippen LogP contribution in [0.15, 0.2) is 36.4 Å². The van der Waals surface area contributed by atoms with E-state index in [0.717, 1.165) is 6.07 Å². The molecule has 28 heavy (non-hydrogen) atoms. The summed E-state index contributed by atoms with van der Waals surface area (Å²) in [6.45, 7) is 0.826. The van der Waals surface area contributed by atoms with E-state index in [1.807, 2.05) is 0 Å². The van der Waals surface area contributed by atoms with Gasteiger partial charge in [0.05, 0.1) is 12.7 Å². The van der Waals surface area contributed by atoms with Crippen LogP contribution in [0.1, 0.15) is 33.6 Å². The van der Waals surface area contributed by atoms with Crippen molar-refractivity contribution in [1.29, 1.82) is 0 Å². The number of likely N-dealkylation sites (tertiary alicyclic amines) is 1. The smallest absolute Gasteiger partial charge is 0.254 e. The lowest BCUT2D eigenvalue weighted by Crippen LogP contribution is -2.46. The molecule has 148 valence electrons. The Balaban J connectivity index is 1.57. The molecule has 2 aromatic carbocycles. The maximum atomic E-state index is 13.7. The minimum atomic E-state index is -1.67. The SMILES string of the molecule is COc1ccc(C(=O)N2CCC(NC(=O)c3ccc(F)c(F)c3F)CC2)cc1. The summed E-state index contributed by atoms with van der Waals surface area (Å²) < 4.78 is 45.1. The van der Waals surface area contributed by atoms with Crippen LogP contribution in [-0.2, 0) is 0 Å². The molecular weight excluding hydrogens is 373 g/mol. The number of amides is 2. The Hall–Kier alpha value is -3.03. The predicted octanol–water partition coefficient (Wildman–Crippen LogP) is 3.15. The summed E-state index contributed by atoms with van der Waals surface area (Å²) >= 11 is 0. The molecule has 2 aromatic rings. The quantitative estimate of drug-likeness (QED) is 0.814. The molecule has 0 bridgehead atoms. The Morgan fingerprint density at radius 1 is 1.00 bits per heavy atom. The first-order chi connectivity index (χ1) is 13.4.